The number of Topliss-reactive ketones (excluding diaryl/α,β-unsaturated/α-hetero) is 1. The Labute approximate surface area is 184 Å². The van der Waals surface area contributed by atoms with Gasteiger partial charge in [-0.2, -0.15) is 30.7 Å². The highest BCUT2D eigenvalue weighted by molar-refractivity contribution is 9.11. The van der Waals surface area contributed by atoms with Gasteiger partial charge >= 0.3 is 23.7 Å². The number of halogens is 10. The molecule has 0 bridgehead atoms. The van der Waals surface area contributed by atoms with E-state index in [4.69, 9.17) is 0 Å². The Balaban J connectivity index is 2.52. The molecule has 0 spiro atoms. The third-order valence-electron chi connectivity index (χ3n) is 4.13. The molecule has 2 rings (SSSR count). The molecule has 0 amide bonds. The molecular weight excluding hydrogens is 578 g/mol. The summed E-state index contributed by atoms with van der Waals surface area (Å²) >= 11 is 5.39. The topological polar surface area (TPSA) is 60.2 Å². The van der Waals surface area contributed by atoms with Crippen LogP contribution in [0.2, 0.25) is 0 Å². The number of hydrogen-bond acceptors (Lipinski definition) is 3. The Bertz CT molecular complexity index is 1020. The molecule has 0 heterocycles. The van der Waals surface area contributed by atoms with E-state index in [2.05, 4.69) is 31.9 Å². The maximum absolute atomic E-state index is 14.3. The van der Waals surface area contributed by atoms with Gasteiger partial charge in [0, 0.05) is 27.0 Å². The summed E-state index contributed by atoms with van der Waals surface area (Å²) in [6, 6.07) is 3.14. The minimum Gasteiger partial charge on any atom is -0.294 e. The molecule has 0 saturated carbocycles. The lowest BCUT2D eigenvalue weighted by molar-refractivity contribution is -0.387. The lowest BCUT2D eigenvalue weighted by Gasteiger charge is -2.31. The van der Waals surface area contributed by atoms with Crippen molar-refractivity contribution in [3.63, 3.8) is 0 Å². The summed E-state index contributed by atoms with van der Waals surface area (Å²) in [5.41, 5.74) is -9.45. The van der Waals surface area contributed by atoms with Gasteiger partial charge in [-0.3, -0.25) is 14.9 Å². The predicted molar refractivity (Wildman–Crippen MR) is 97.8 cm³/mol. The van der Waals surface area contributed by atoms with Crippen molar-refractivity contribution in [1.82, 2.24) is 0 Å². The molecular formula is C17H7Br2F8NO3. The first-order chi connectivity index (χ1) is 14.0. The van der Waals surface area contributed by atoms with E-state index in [1.165, 1.54) is 0 Å². The minimum absolute atomic E-state index is 0.207. The van der Waals surface area contributed by atoms with E-state index in [0.29, 0.717) is 0 Å². The SMILES string of the molecule is O=C(Cc1c(Br)cc(C(F)(C(F)(F)F)C(F)(F)F)cc1Br)c1cccc([N+](=O)[O-])c1F. The van der Waals surface area contributed by atoms with Gasteiger partial charge in [-0.25, -0.2) is 4.39 Å². The summed E-state index contributed by atoms with van der Waals surface area (Å²) in [6.07, 6.45) is -13.5. The number of hydrogen-bond donors (Lipinski definition) is 0. The van der Waals surface area contributed by atoms with Crippen molar-refractivity contribution in [3.8, 4) is 0 Å². The van der Waals surface area contributed by atoms with Crippen LogP contribution in [0.3, 0.4) is 0 Å². The van der Waals surface area contributed by atoms with Gasteiger partial charge in [0.15, 0.2) is 5.78 Å². The summed E-state index contributed by atoms with van der Waals surface area (Å²) in [6.45, 7) is 0. The fraction of sp³-hybridized carbons (Fsp3) is 0.235. The second-order valence-corrected chi connectivity index (χ2v) is 7.78. The summed E-state index contributed by atoms with van der Waals surface area (Å²) < 4.78 is 105. The van der Waals surface area contributed by atoms with Gasteiger partial charge in [-0.1, -0.05) is 37.9 Å². The van der Waals surface area contributed by atoms with Crippen LogP contribution in [0.15, 0.2) is 39.3 Å². The van der Waals surface area contributed by atoms with Crippen LogP contribution in [0.4, 0.5) is 40.8 Å². The first-order valence-corrected chi connectivity index (χ1v) is 9.37. The average molecular weight is 585 g/mol. The first-order valence-electron chi connectivity index (χ1n) is 7.79. The Kier molecular flexibility index (Phi) is 6.86. The van der Waals surface area contributed by atoms with Crippen molar-refractivity contribution in [2.24, 2.45) is 0 Å². The van der Waals surface area contributed by atoms with Crippen molar-refractivity contribution in [1.29, 1.82) is 0 Å². The third kappa shape index (κ3) is 4.59. The van der Waals surface area contributed by atoms with E-state index in [1.807, 2.05) is 0 Å². The van der Waals surface area contributed by atoms with Crippen molar-refractivity contribution in [2.75, 3.05) is 0 Å². The van der Waals surface area contributed by atoms with E-state index in [9.17, 15) is 50.0 Å². The Morgan fingerprint density at radius 2 is 1.45 bits per heavy atom. The van der Waals surface area contributed by atoms with Gasteiger partial charge in [-0.05, 0) is 23.8 Å². The third-order valence-corrected chi connectivity index (χ3v) is 5.55. The highest BCUT2D eigenvalue weighted by atomic mass is 79.9. The van der Waals surface area contributed by atoms with Gasteiger partial charge in [0.1, 0.15) is 0 Å². The van der Waals surface area contributed by atoms with Crippen LogP contribution in [0.1, 0.15) is 21.5 Å². The molecule has 0 atom stereocenters. The van der Waals surface area contributed by atoms with Crippen molar-refractivity contribution < 1.29 is 44.8 Å². The van der Waals surface area contributed by atoms with E-state index in [1.54, 1.807) is 0 Å². The summed E-state index contributed by atoms with van der Waals surface area (Å²) in [5.74, 6) is -2.52. The molecule has 0 aliphatic carbocycles. The molecule has 0 saturated heterocycles. The maximum Gasteiger partial charge on any atom is 0.435 e. The second-order valence-electron chi connectivity index (χ2n) is 6.07. The highest BCUT2D eigenvalue weighted by Gasteiger charge is 2.73. The molecule has 168 valence electrons. The molecule has 0 aliphatic rings. The van der Waals surface area contributed by atoms with E-state index in [-0.39, 0.29) is 17.7 Å². The first kappa shape index (κ1) is 25.2. The predicted octanol–water partition coefficient (Wildman–Crippen LogP) is 6.97. The Hall–Kier alpha value is -2.09. The van der Waals surface area contributed by atoms with E-state index in [0.717, 1.165) is 18.2 Å². The van der Waals surface area contributed by atoms with Crippen LogP contribution in [0.25, 0.3) is 0 Å². The monoisotopic (exact) mass is 583 g/mol. The molecule has 0 N–H and O–H groups in total. The van der Waals surface area contributed by atoms with Crippen molar-refractivity contribution >= 4 is 43.3 Å². The molecule has 2 aromatic carbocycles. The standard InChI is InChI=1S/C17H7Br2F8NO3/c18-10-4-7(15(21,16(22,23)24)17(25,26)27)5-11(19)9(10)6-13(29)8-2-1-3-12(14(8)20)28(30)31/h1-5H,6H2. The average Bonchev–Trinajstić information content (AvgIpc) is 2.61. The number of benzene rings is 2. The van der Waals surface area contributed by atoms with Crippen LogP contribution in [0.5, 0.6) is 0 Å². The number of alkyl halides is 7. The van der Waals surface area contributed by atoms with Gasteiger partial charge in [0.05, 0.1) is 10.5 Å². The normalized spacial score (nSPS) is 12.7. The molecule has 4 nitrogen and oxygen atoms in total. The van der Waals surface area contributed by atoms with Gasteiger partial charge < -0.3 is 0 Å². The molecule has 0 aromatic heterocycles. The van der Waals surface area contributed by atoms with Crippen LogP contribution in [-0.4, -0.2) is 23.1 Å². The Morgan fingerprint density at radius 1 is 0.968 bits per heavy atom. The van der Waals surface area contributed by atoms with E-state index < -0.39 is 66.7 Å². The summed E-state index contributed by atoms with van der Waals surface area (Å²) in [4.78, 5) is 22.1. The fourth-order valence-corrected chi connectivity index (χ4v) is 4.06. The lowest BCUT2D eigenvalue weighted by atomic mass is 9.92. The molecule has 2 aromatic rings. The van der Waals surface area contributed by atoms with Crippen LogP contribution < -0.4 is 0 Å². The van der Waals surface area contributed by atoms with Crippen molar-refractivity contribution in [3.05, 3.63) is 71.9 Å². The molecule has 0 fully saturated rings. The number of carbonyl (C=O) groups is 1. The van der Waals surface area contributed by atoms with Crippen molar-refractivity contribution in [2.45, 2.75) is 24.4 Å². The van der Waals surface area contributed by atoms with Crippen LogP contribution in [0, 0.1) is 15.9 Å². The minimum atomic E-state index is -6.34. The molecule has 0 unspecified atom stereocenters. The Morgan fingerprint density at radius 3 is 1.87 bits per heavy atom. The fourth-order valence-electron chi connectivity index (χ4n) is 2.59. The zero-order valence-electron chi connectivity index (χ0n) is 14.5. The number of nitrogens with zero attached hydrogens (tertiary/aromatic N) is 1. The number of nitro benzene ring substituents is 1. The zero-order valence-corrected chi connectivity index (χ0v) is 17.7. The molecule has 0 radical (unpaired) electrons. The van der Waals surface area contributed by atoms with Gasteiger partial charge in [0.2, 0.25) is 5.82 Å². The van der Waals surface area contributed by atoms with Crippen LogP contribution >= 0.6 is 31.9 Å². The van der Waals surface area contributed by atoms with Gasteiger partial charge in [-0.15, -0.1) is 0 Å². The van der Waals surface area contributed by atoms with Crippen LogP contribution in [-0.2, 0) is 12.1 Å². The highest BCUT2D eigenvalue weighted by Crippen LogP contribution is 2.54. The largest absolute Gasteiger partial charge is 0.435 e. The smallest absolute Gasteiger partial charge is 0.294 e. The number of ketones is 1. The second kappa shape index (κ2) is 8.45. The summed E-state index contributed by atoms with van der Waals surface area (Å²) in [7, 11) is 0. The lowest BCUT2D eigenvalue weighted by Crippen LogP contribution is -2.50. The molecule has 31 heavy (non-hydrogen) atoms. The number of nitro groups is 1. The number of carbonyl (C=O) groups excluding carboxylic acids is 1. The number of rotatable bonds is 5. The summed E-state index contributed by atoms with van der Waals surface area (Å²) in [5, 5.41) is 10.8. The van der Waals surface area contributed by atoms with Gasteiger partial charge in [0.25, 0.3) is 0 Å². The quantitative estimate of drug-likeness (QED) is 0.165. The molecule has 14 heteroatoms. The zero-order chi connectivity index (χ0) is 23.9. The van der Waals surface area contributed by atoms with E-state index >= 15 is 0 Å². The maximum atomic E-state index is 14.3. The molecule has 0 aliphatic heterocycles.